The van der Waals surface area contributed by atoms with Gasteiger partial charge in [-0.15, -0.1) is 0 Å². The highest BCUT2D eigenvalue weighted by molar-refractivity contribution is 6.76. The second-order valence-corrected chi connectivity index (χ2v) is 19.0. The van der Waals surface area contributed by atoms with Gasteiger partial charge >= 0.3 is 6.09 Å². The Bertz CT molecular complexity index is 1550. The highest BCUT2D eigenvalue weighted by Gasteiger charge is 2.30. The number of nitrogens with zero attached hydrogens (tertiary/aromatic N) is 3. The first-order chi connectivity index (χ1) is 21.4. The predicted molar refractivity (Wildman–Crippen MR) is 171 cm³/mol. The second-order valence-electron chi connectivity index (χ2n) is 13.4. The number of benzene rings is 1. The lowest BCUT2D eigenvalue weighted by molar-refractivity contribution is 0.0877. The Hall–Kier alpha value is -3.71. The summed E-state index contributed by atoms with van der Waals surface area (Å²) in [7, 11) is 0.0701. The fraction of sp³-hybridized carbons (Fsp3) is 0.562. The van der Waals surface area contributed by atoms with E-state index in [0.29, 0.717) is 84.1 Å². The van der Waals surface area contributed by atoms with Crippen molar-refractivity contribution >= 4 is 31.1 Å². The maximum Gasteiger partial charge on any atom is 0.404 e. The molecule has 45 heavy (non-hydrogen) atoms. The molecule has 11 nitrogen and oxygen atoms in total. The number of hydrogen-bond donors (Lipinski definition) is 3. The van der Waals surface area contributed by atoms with Crippen LogP contribution in [0.2, 0.25) is 25.7 Å². The van der Waals surface area contributed by atoms with Crippen LogP contribution in [0.1, 0.15) is 54.6 Å². The first-order valence-corrected chi connectivity index (χ1v) is 19.4. The molecule has 2 aromatic heterocycles. The van der Waals surface area contributed by atoms with Gasteiger partial charge in [0.2, 0.25) is 0 Å². The normalized spacial score (nSPS) is 18.5. The summed E-state index contributed by atoms with van der Waals surface area (Å²) in [6.07, 6.45) is 5.13. The third-order valence-electron chi connectivity index (χ3n) is 8.61. The SMILES string of the molecule is COc1cc(OCC2CC2)c(-c2ncnc3c(C(=O)N[C@H]4CC[C@H](NC(=O)O)CC4)c(C)n(COCC[Si](C)(C)C)c23)cc1F. The molecule has 244 valence electrons. The van der Waals surface area contributed by atoms with E-state index < -0.39 is 20.0 Å². The summed E-state index contributed by atoms with van der Waals surface area (Å²) in [5.41, 5.74) is 2.94. The number of carbonyl (C=O) groups excluding carboxylic acids is 1. The van der Waals surface area contributed by atoms with E-state index in [4.69, 9.17) is 19.3 Å². The Kier molecular flexibility index (Phi) is 9.97. The lowest BCUT2D eigenvalue weighted by Gasteiger charge is -2.28. The average molecular weight is 642 g/mol. The van der Waals surface area contributed by atoms with Gasteiger partial charge < -0.3 is 34.5 Å². The molecule has 1 aromatic carbocycles. The van der Waals surface area contributed by atoms with Crippen molar-refractivity contribution in [2.24, 2.45) is 5.92 Å². The van der Waals surface area contributed by atoms with Crippen LogP contribution in [0.25, 0.3) is 22.3 Å². The van der Waals surface area contributed by atoms with Gasteiger partial charge in [-0.1, -0.05) is 19.6 Å². The number of fused-ring (bicyclic) bond motifs is 1. The molecule has 0 atom stereocenters. The number of nitrogens with one attached hydrogen (secondary N) is 2. The molecule has 2 aliphatic carbocycles. The molecule has 13 heteroatoms. The lowest BCUT2D eigenvalue weighted by atomic mass is 9.91. The molecule has 0 spiro atoms. The van der Waals surface area contributed by atoms with E-state index in [1.165, 1.54) is 19.5 Å². The molecule has 5 rings (SSSR count). The monoisotopic (exact) mass is 641 g/mol. The van der Waals surface area contributed by atoms with E-state index in [1.807, 2.05) is 11.5 Å². The van der Waals surface area contributed by atoms with Crippen LogP contribution in [0.3, 0.4) is 0 Å². The third kappa shape index (κ3) is 7.93. The summed E-state index contributed by atoms with van der Waals surface area (Å²) < 4.78 is 34.7. The Morgan fingerprint density at radius 2 is 1.73 bits per heavy atom. The first kappa shape index (κ1) is 32.7. The van der Waals surface area contributed by atoms with Crippen molar-refractivity contribution in [1.82, 2.24) is 25.2 Å². The van der Waals surface area contributed by atoms with E-state index >= 15 is 4.39 Å². The molecule has 0 unspecified atom stereocenters. The number of carbonyl (C=O) groups is 2. The standard InChI is InChI=1S/C32H44FN5O6Si/c1-19-27(31(39)36-21-8-10-22(11-9-21)37-32(40)41)29-30(38(19)18-43-12-13-45(3,4)5)28(34-17-35-29)23-14-24(33)26(42-2)15-25(23)44-16-20-6-7-20/h14-15,17,20-22,37H,6-13,16,18H2,1-5H3,(H,36,39)(H,40,41)/t21-,22-. The summed E-state index contributed by atoms with van der Waals surface area (Å²) in [5.74, 6) is 0.164. The van der Waals surface area contributed by atoms with E-state index in [-0.39, 0.29) is 30.5 Å². The van der Waals surface area contributed by atoms with Crippen LogP contribution in [0, 0.1) is 18.7 Å². The Morgan fingerprint density at radius 3 is 2.36 bits per heavy atom. The van der Waals surface area contributed by atoms with Crippen molar-refractivity contribution in [3.63, 3.8) is 0 Å². The molecule has 2 heterocycles. The topological polar surface area (TPSA) is 137 Å². The number of hydrogen-bond acceptors (Lipinski definition) is 7. The maximum atomic E-state index is 15.2. The average Bonchev–Trinajstić information content (AvgIpc) is 3.77. The Balaban J connectivity index is 1.53. The second kappa shape index (κ2) is 13.7. The zero-order valence-electron chi connectivity index (χ0n) is 26.7. The minimum Gasteiger partial charge on any atom is -0.494 e. The van der Waals surface area contributed by atoms with Gasteiger partial charge in [-0.25, -0.2) is 19.2 Å². The Labute approximate surface area is 263 Å². The van der Waals surface area contributed by atoms with Gasteiger partial charge in [0.05, 0.1) is 24.8 Å². The predicted octanol–water partition coefficient (Wildman–Crippen LogP) is 5.96. The molecule has 2 aliphatic rings. The van der Waals surface area contributed by atoms with Crippen LogP contribution >= 0.6 is 0 Å². The van der Waals surface area contributed by atoms with Crippen LogP contribution in [0.4, 0.5) is 9.18 Å². The molecule has 2 fully saturated rings. The summed E-state index contributed by atoms with van der Waals surface area (Å²) >= 11 is 0. The number of aromatic nitrogens is 3. The highest BCUT2D eigenvalue weighted by Crippen LogP contribution is 2.40. The number of ether oxygens (including phenoxy) is 3. The number of rotatable bonds is 13. The van der Waals surface area contributed by atoms with E-state index in [0.717, 1.165) is 18.9 Å². The van der Waals surface area contributed by atoms with Crippen molar-refractivity contribution in [3.8, 4) is 22.8 Å². The summed E-state index contributed by atoms with van der Waals surface area (Å²) in [5, 5.41) is 14.8. The van der Waals surface area contributed by atoms with Gasteiger partial charge in [0, 0.05) is 44.1 Å². The highest BCUT2D eigenvalue weighted by atomic mass is 28.3. The van der Waals surface area contributed by atoms with E-state index in [2.05, 4.69) is 40.2 Å². The molecular weight excluding hydrogens is 597 g/mol. The molecule has 3 aromatic rings. The summed E-state index contributed by atoms with van der Waals surface area (Å²) in [4.78, 5) is 34.1. The van der Waals surface area contributed by atoms with Crippen LogP contribution in [-0.4, -0.2) is 72.1 Å². The van der Waals surface area contributed by atoms with Gasteiger partial charge in [-0.2, -0.15) is 0 Å². The Morgan fingerprint density at radius 1 is 1.04 bits per heavy atom. The van der Waals surface area contributed by atoms with Crippen LogP contribution < -0.4 is 20.1 Å². The molecule has 2 amide bonds. The van der Waals surface area contributed by atoms with Gasteiger partial charge in [-0.3, -0.25) is 4.79 Å². The molecule has 0 radical (unpaired) electrons. The zero-order valence-corrected chi connectivity index (χ0v) is 27.7. The third-order valence-corrected chi connectivity index (χ3v) is 10.3. The number of carboxylic acid groups (broad SMARTS) is 1. The van der Waals surface area contributed by atoms with Crippen molar-refractivity contribution < 1.29 is 33.3 Å². The quantitative estimate of drug-likeness (QED) is 0.154. The summed E-state index contributed by atoms with van der Waals surface area (Å²) in [6.45, 7) is 9.96. The lowest BCUT2D eigenvalue weighted by Crippen LogP contribution is -2.43. The van der Waals surface area contributed by atoms with Crippen LogP contribution in [0.15, 0.2) is 18.5 Å². The molecule has 3 N–H and O–H groups in total. The molecular formula is C32H44FN5O6Si. The smallest absolute Gasteiger partial charge is 0.404 e. The largest absolute Gasteiger partial charge is 0.494 e. The fourth-order valence-corrected chi connectivity index (χ4v) is 6.51. The van der Waals surface area contributed by atoms with Crippen LogP contribution in [0.5, 0.6) is 11.5 Å². The van der Waals surface area contributed by atoms with Crippen molar-refractivity contribution in [2.75, 3.05) is 20.3 Å². The molecule has 2 saturated carbocycles. The van der Waals surface area contributed by atoms with Gasteiger partial charge in [0.1, 0.15) is 30.0 Å². The molecule has 0 saturated heterocycles. The molecule has 0 aliphatic heterocycles. The minimum atomic E-state index is -1.34. The summed E-state index contributed by atoms with van der Waals surface area (Å²) in [6, 6.07) is 3.67. The minimum absolute atomic E-state index is 0.0735. The van der Waals surface area contributed by atoms with Crippen molar-refractivity contribution in [3.05, 3.63) is 35.5 Å². The van der Waals surface area contributed by atoms with Gasteiger partial charge in [-0.05, 0) is 63.5 Å². The van der Waals surface area contributed by atoms with Crippen LogP contribution in [-0.2, 0) is 11.5 Å². The fourth-order valence-electron chi connectivity index (χ4n) is 5.76. The molecule has 0 bridgehead atoms. The van der Waals surface area contributed by atoms with E-state index in [1.54, 1.807) is 6.07 Å². The van der Waals surface area contributed by atoms with E-state index in [9.17, 15) is 9.59 Å². The number of halogens is 1. The van der Waals surface area contributed by atoms with Gasteiger partial charge in [0.25, 0.3) is 5.91 Å². The number of methoxy groups -OCH3 is 1. The van der Waals surface area contributed by atoms with Crippen molar-refractivity contribution in [1.29, 1.82) is 0 Å². The maximum absolute atomic E-state index is 15.2. The zero-order chi connectivity index (χ0) is 32.3. The van der Waals surface area contributed by atoms with Gasteiger partial charge in [0.15, 0.2) is 11.6 Å². The number of amides is 2. The first-order valence-electron chi connectivity index (χ1n) is 15.7. The van der Waals surface area contributed by atoms with Crippen molar-refractivity contribution in [2.45, 2.75) is 89.9 Å².